The lowest BCUT2D eigenvalue weighted by Gasteiger charge is -2.11. The van der Waals surface area contributed by atoms with Crippen LogP contribution in [0.1, 0.15) is 20.7 Å². The number of hydrogen-bond donors (Lipinski definition) is 0. The molecule has 3 aromatic rings. The summed E-state index contributed by atoms with van der Waals surface area (Å²) in [6, 6.07) is 12.1. The fourth-order valence-electron chi connectivity index (χ4n) is 2.95. The number of ether oxygens (including phenoxy) is 6. The molecule has 0 saturated heterocycles. The molecular weight excluding hydrogens is 555 g/mol. The van der Waals surface area contributed by atoms with Gasteiger partial charge in [0.1, 0.15) is 11.5 Å². The summed E-state index contributed by atoms with van der Waals surface area (Å²) in [6.07, 6.45) is 2.71. The van der Waals surface area contributed by atoms with Gasteiger partial charge in [0.05, 0.1) is 11.1 Å². The van der Waals surface area contributed by atoms with Crippen molar-refractivity contribution in [3.63, 3.8) is 0 Å². The van der Waals surface area contributed by atoms with Crippen molar-refractivity contribution < 1.29 is 56.8 Å². The molecule has 0 fully saturated rings. The number of halogens is 1. The van der Waals surface area contributed by atoms with Gasteiger partial charge in [-0.25, -0.2) is 28.4 Å². The third-order valence-corrected chi connectivity index (χ3v) is 4.93. The van der Waals surface area contributed by atoms with Crippen molar-refractivity contribution in [3.8, 4) is 28.7 Å². The van der Waals surface area contributed by atoms with Crippen LogP contribution < -0.4 is 23.7 Å². The smallest absolute Gasteiger partial charge is 0.343 e. The maximum absolute atomic E-state index is 14.7. The second kappa shape index (κ2) is 14.4. The summed E-state index contributed by atoms with van der Waals surface area (Å²) in [6.45, 7) is 9.43. The molecule has 0 aliphatic carbocycles. The van der Waals surface area contributed by atoms with Gasteiger partial charge in [-0.05, 0) is 54.6 Å². The number of rotatable bonds is 12. The molecule has 0 spiro atoms. The Bertz CT molecular complexity index is 1560. The van der Waals surface area contributed by atoms with Crippen molar-refractivity contribution in [1.29, 1.82) is 0 Å². The summed E-state index contributed by atoms with van der Waals surface area (Å²) < 4.78 is 44.8. The minimum Gasteiger partial charge on any atom is -0.457 e. The lowest BCUT2D eigenvalue weighted by molar-refractivity contribution is -0.144. The molecule has 3 aromatic carbocycles. The minimum atomic E-state index is -1.04. The van der Waals surface area contributed by atoms with Gasteiger partial charge in [-0.15, -0.1) is 0 Å². The molecule has 12 heteroatoms. The van der Waals surface area contributed by atoms with E-state index in [-0.39, 0.29) is 35.2 Å². The number of hydrogen-bond acceptors (Lipinski definition) is 11. The number of carbonyl (C=O) groups is 5. The molecule has 0 saturated carbocycles. The molecule has 0 bridgehead atoms. The Hall–Kier alpha value is -6.04. The van der Waals surface area contributed by atoms with Crippen LogP contribution in [0.5, 0.6) is 28.7 Å². The van der Waals surface area contributed by atoms with Gasteiger partial charge in [0.2, 0.25) is 6.79 Å². The topological polar surface area (TPSA) is 141 Å². The highest BCUT2D eigenvalue weighted by Crippen LogP contribution is 2.30. The highest BCUT2D eigenvalue weighted by molar-refractivity contribution is 5.93. The van der Waals surface area contributed by atoms with Gasteiger partial charge in [0.15, 0.2) is 23.1 Å². The van der Waals surface area contributed by atoms with Gasteiger partial charge in [0.25, 0.3) is 0 Å². The van der Waals surface area contributed by atoms with Gasteiger partial charge < -0.3 is 28.4 Å². The molecule has 0 atom stereocenters. The van der Waals surface area contributed by atoms with Gasteiger partial charge >= 0.3 is 29.8 Å². The maximum Gasteiger partial charge on any atom is 0.343 e. The second-order valence-corrected chi connectivity index (χ2v) is 7.74. The molecular formula is C30H21FO11. The van der Waals surface area contributed by atoms with Crippen molar-refractivity contribution >= 4 is 29.8 Å². The van der Waals surface area contributed by atoms with Gasteiger partial charge in [-0.2, -0.15) is 0 Å². The summed E-state index contributed by atoms with van der Waals surface area (Å²) in [5.41, 5.74) is -0.0713. The first-order chi connectivity index (χ1) is 20.1. The fourth-order valence-corrected chi connectivity index (χ4v) is 2.95. The first kappa shape index (κ1) is 30.5. The molecule has 42 heavy (non-hydrogen) atoms. The Balaban J connectivity index is 1.66. The Morgan fingerprint density at radius 3 is 1.76 bits per heavy atom. The standard InChI is InChI=1S/C30H21FO11/c1-4-26(32)38-17-37-20-10-7-18(8-11-20)29(35)39-21-12-14-23(22(31)16-21)42-30(36)19-9-13-24(40-27(33)5-2)25(15-19)41-28(34)6-3/h4-16H,1-3,17H2. The average Bonchev–Trinajstić information content (AvgIpc) is 2.99. The zero-order valence-electron chi connectivity index (χ0n) is 21.7. The van der Waals surface area contributed by atoms with E-state index in [1.54, 1.807) is 0 Å². The van der Waals surface area contributed by atoms with E-state index in [4.69, 9.17) is 23.7 Å². The number of carbonyl (C=O) groups excluding carboxylic acids is 5. The summed E-state index contributed by atoms with van der Waals surface area (Å²) in [5, 5.41) is 0. The predicted molar refractivity (Wildman–Crippen MR) is 143 cm³/mol. The number of benzene rings is 3. The van der Waals surface area contributed by atoms with Crippen LogP contribution in [-0.4, -0.2) is 36.6 Å². The first-order valence-electron chi connectivity index (χ1n) is 11.7. The van der Waals surface area contributed by atoms with Crippen LogP contribution in [0, 0.1) is 5.82 Å². The van der Waals surface area contributed by atoms with Crippen LogP contribution in [0.15, 0.2) is 98.6 Å². The van der Waals surface area contributed by atoms with Gasteiger partial charge in [-0.1, -0.05) is 19.7 Å². The highest BCUT2D eigenvalue weighted by atomic mass is 19.1. The zero-order valence-corrected chi connectivity index (χ0v) is 21.7. The van der Waals surface area contributed by atoms with E-state index in [9.17, 15) is 28.4 Å². The number of esters is 5. The normalized spacial score (nSPS) is 9.93. The van der Waals surface area contributed by atoms with Crippen LogP contribution in [0.4, 0.5) is 4.39 Å². The molecule has 214 valence electrons. The van der Waals surface area contributed by atoms with Crippen molar-refractivity contribution in [3.05, 3.63) is 116 Å². The second-order valence-electron chi connectivity index (χ2n) is 7.74. The van der Waals surface area contributed by atoms with Crippen molar-refractivity contribution in [2.45, 2.75) is 0 Å². The van der Waals surface area contributed by atoms with Crippen LogP contribution in [-0.2, 0) is 19.1 Å². The Kier molecular flexibility index (Phi) is 10.4. The Morgan fingerprint density at radius 2 is 1.14 bits per heavy atom. The zero-order chi connectivity index (χ0) is 30.6. The molecule has 0 amide bonds. The molecule has 3 rings (SSSR count). The monoisotopic (exact) mass is 576 g/mol. The van der Waals surface area contributed by atoms with Crippen molar-refractivity contribution in [1.82, 2.24) is 0 Å². The lowest BCUT2D eigenvalue weighted by atomic mass is 10.2. The quantitative estimate of drug-likeness (QED) is 0.130. The molecule has 0 radical (unpaired) electrons. The van der Waals surface area contributed by atoms with Crippen LogP contribution in [0.2, 0.25) is 0 Å². The van der Waals surface area contributed by atoms with E-state index < -0.39 is 41.4 Å². The largest absolute Gasteiger partial charge is 0.457 e. The fraction of sp³-hybridized carbons (Fsp3) is 0.0333. The van der Waals surface area contributed by atoms with E-state index >= 15 is 0 Å². The van der Waals surface area contributed by atoms with Crippen molar-refractivity contribution in [2.75, 3.05) is 6.79 Å². The van der Waals surface area contributed by atoms with Gasteiger partial charge in [0, 0.05) is 24.3 Å². The third kappa shape index (κ3) is 8.48. The Morgan fingerprint density at radius 1 is 0.595 bits per heavy atom. The van der Waals surface area contributed by atoms with E-state index in [2.05, 4.69) is 24.5 Å². The van der Waals surface area contributed by atoms with Gasteiger partial charge in [-0.3, -0.25) is 0 Å². The predicted octanol–water partition coefficient (Wildman–Crippen LogP) is 4.51. The molecule has 0 aliphatic heterocycles. The van der Waals surface area contributed by atoms with Crippen LogP contribution in [0.25, 0.3) is 0 Å². The summed E-state index contributed by atoms with van der Waals surface area (Å²) in [4.78, 5) is 59.3. The third-order valence-electron chi connectivity index (χ3n) is 4.93. The lowest BCUT2D eigenvalue weighted by Crippen LogP contribution is -2.13. The van der Waals surface area contributed by atoms with E-state index in [0.717, 1.165) is 36.4 Å². The minimum absolute atomic E-state index is 0.108. The van der Waals surface area contributed by atoms with Crippen LogP contribution >= 0.6 is 0 Å². The molecule has 0 unspecified atom stereocenters. The van der Waals surface area contributed by atoms with E-state index in [1.807, 2.05) is 0 Å². The first-order valence-corrected chi connectivity index (χ1v) is 11.7. The molecule has 0 aliphatic rings. The summed E-state index contributed by atoms with van der Waals surface area (Å²) in [5.74, 6) is -6.16. The Labute approximate surface area is 238 Å². The molecule has 0 aromatic heterocycles. The molecule has 0 N–H and O–H groups in total. The molecule has 11 nitrogen and oxygen atoms in total. The summed E-state index contributed by atoms with van der Waals surface area (Å²) >= 11 is 0. The summed E-state index contributed by atoms with van der Waals surface area (Å²) in [7, 11) is 0. The van der Waals surface area contributed by atoms with E-state index in [1.165, 1.54) is 42.5 Å². The average molecular weight is 576 g/mol. The van der Waals surface area contributed by atoms with Crippen molar-refractivity contribution in [2.24, 2.45) is 0 Å². The SMILES string of the molecule is C=CC(=O)OCOc1ccc(C(=O)Oc2ccc(OC(=O)c3ccc(OC(=O)C=C)c(OC(=O)C=C)c3)c(F)c2)cc1. The van der Waals surface area contributed by atoms with Crippen LogP contribution in [0.3, 0.4) is 0 Å². The highest BCUT2D eigenvalue weighted by Gasteiger charge is 2.19. The van der Waals surface area contributed by atoms with E-state index in [0.29, 0.717) is 5.75 Å². The molecule has 0 heterocycles. The maximum atomic E-state index is 14.7.